The monoisotopic (exact) mass is 390 g/mol. The molecule has 128 valence electrons. The maximum atomic E-state index is 12.0. The Morgan fingerprint density at radius 3 is 2.38 bits per heavy atom. The number of carbonyl (C=O) groups is 1. The number of nitrogens with zero attached hydrogens (tertiary/aromatic N) is 2. The van der Waals surface area contributed by atoms with Crippen LogP contribution >= 0.6 is 15.9 Å². The Morgan fingerprint density at radius 1 is 1.25 bits per heavy atom. The van der Waals surface area contributed by atoms with Crippen molar-refractivity contribution in [2.75, 3.05) is 5.73 Å². The molecule has 0 radical (unpaired) electrons. The predicted molar refractivity (Wildman–Crippen MR) is 99.6 cm³/mol. The zero-order valence-corrected chi connectivity index (χ0v) is 15.6. The summed E-state index contributed by atoms with van der Waals surface area (Å²) in [6, 6.07) is 7.87. The number of halogens is 1. The van der Waals surface area contributed by atoms with Crippen LogP contribution in [0.5, 0.6) is 0 Å². The minimum Gasteiger partial charge on any atom is -0.383 e. The van der Waals surface area contributed by atoms with Gasteiger partial charge in [0.2, 0.25) is 0 Å². The average molecular weight is 391 g/mol. The van der Waals surface area contributed by atoms with Gasteiger partial charge < -0.3 is 11.5 Å². The Morgan fingerprint density at radius 2 is 1.83 bits per heavy atom. The lowest BCUT2D eigenvalue weighted by Gasteiger charge is -2.34. The molecule has 1 amide bonds. The lowest BCUT2D eigenvalue weighted by molar-refractivity contribution is 0.100. The lowest BCUT2D eigenvalue weighted by Crippen LogP contribution is -2.25. The molecular formula is C18H23BrN4O. The van der Waals surface area contributed by atoms with Gasteiger partial charge in [-0.25, -0.2) is 4.68 Å². The van der Waals surface area contributed by atoms with Crippen LogP contribution in [0, 0.1) is 5.41 Å². The van der Waals surface area contributed by atoms with E-state index in [0.717, 1.165) is 35.7 Å². The number of nitrogens with two attached hydrogens (primary N) is 2. The van der Waals surface area contributed by atoms with Gasteiger partial charge in [0.05, 0.1) is 6.04 Å². The summed E-state index contributed by atoms with van der Waals surface area (Å²) >= 11 is 3.42. The van der Waals surface area contributed by atoms with Gasteiger partial charge >= 0.3 is 0 Å². The maximum absolute atomic E-state index is 12.0. The molecule has 1 aromatic carbocycles. The van der Waals surface area contributed by atoms with Gasteiger partial charge in [-0.1, -0.05) is 41.9 Å². The molecule has 0 saturated heterocycles. The Bertz CT molecular complexity index is 754. The number of benzene rings is 1. The summed E-state index contributed by atoms with van der Waals surface area (Å²) in [5.41, 5.74) is 13.9. The lowest BCUT2D eigenvalue weighted by atomic mass is 9.75. The van der Waals surface area contributed by atoms with Crippen LogP contribution in [0.2, 0.25) is 0 Å². The van der Waals surface area contributed by atoms with Crippen molar-refractivity contribution in [1.29, 1.82) is 0 Å². The largest absolute Gasteiger partial charge is 0.383 e. The number of amides is 1. The number of anilines is 1. The fourth-order valence-electron chi connectivity index (χ4n) is 3.41. The van der Waals surface area contributed by atoms with Crippen LogP contribution in [0.25, 0.3) is 11.3 Å². The van der Waals surface area contributed by atoms with Crippen molar-refractivity contribution in [3.8, 4) is 11.3 Å². The fraction of sp³-hybridized carbons (Fsp3) is 0.444. The SMILES string of the molecule is CC1(C)CCC(n2nc(-c3ccc(Br)cc3)c(C(N)=O)c2N)CC1. The highest BCUT2D eigenvalue weighted by Gasteiger charge is 2.31. The van der Waals surface area contributed by atoms with Gasteiger partial charge in [0.15, 0.2) is 0 Å². The van der Waals surface area contributed by atoms with Gasteiger partial charge in [0.25, 0.3) is 5.91 Å². The summed E-state index contributed by atoms with van der Waals surface area (Å²) < 4.78 is 2.78. The standard InChI is InChI=1S/C18H23BrN4O/c1-18(2)9-7-13(8-10-18)23-16(20)14(17(21)24)15(22-23)11-3-5-12(19)6-4-11/h3-6,13H,7-10,20H2,1-2H3,(H2,21,24). The van der Waals surface area contributed by atoms with Gasteiger partial charge in [-0.05, 0) is 43.2 Å². The zero-order chi connectivity index (χ0) is 17.5. The van der Waals surface area contributed by atoms with E-state index in [9.17, 15) is 4.79 Å². The predicted octanol–water partition coefficient (Wildman–Crippen LogP) is 4.14. The van der Waals surface area contributed by atoms with E-state index >= 15 is 0 Å². The summed E-state index contributed by atoms with van der Waals surface area (Å²) in [5.74, 6) is -0.155. The van der Waals surface area contributed by atoms with Gasteiger partial charge in [0.1, 0.15) is 17.1 Å². The van der Waals surface area contributed by atoms with Crippen molar-refractivity contribution in [2.45, 2.75) is 45.6 Å². The van der Waals surface area contributed by atoms with E-state index in [1.165, 1.54) is 0 Å². The molecule has 0 unspecified atom stereocenters. The third-order valence-corrected chi connectivity index (χ3v) is 5.49. The summed E-state index contributed by atoms with van der Waals surface area (Å²) in [4.78, 5) is 12.0. The number of aromatic nitrogens is 2. The Hall–Kier alpha value is -1.82. The van der Waals surface area contributed by atoms with E-state index in [1.54, 1.807) is 0 Å². The first kappa shape index (κ1) is 17.0. The van der Waals surface area contributed by atoms with Gasteiger partial charge in [0, 0.05) is 10.0 Å². The molecule has 3 rings (SSSR count). The highest BCUT2D eigenvalue weighted by molar-refractivity contribution is 9.10. The van der Waals surface area contributed by atoms with Crippen LogP contribution in [0.4, 0.5) is 5.82 Å². The van der Waals surface area contributed by atoms with Crippen LogP contribution in [0.1, 0.15) is 55.9 Å². The summed E-state index contributed by atoms with van der Waals surface area (Å²) in [6.07, 6.45) is 4.26. The second-order valence-corrected chi connectivity index (χ2v) is 8.24. The van der Waals surface area contributed by atoms with Gasteiger partial charge in [-0.15, -0.1) is 0 Å². The molecule has 1 heterocycles. The number of carbonyl (C=O) groups excluding carboxylic acids is 1. The molecule has 6 heteroatoms. The maximum Gasteiger partial charge on any atom is 0.254 e. The van der Waals surface area contributed by atoms with Crippen LogP contribution in [0.3, 0.4) is 0 Å². The second kappa shape index (κ2) is 6.24. The van der Waals surface area contributed by atoms with Crippen LogP contribution in [-0.2, 0) is 0 Å². The van der Waals surface area contributed by atoms with Crippen molar-refractivity contribution < 1.29 is 4.79 Å². The average Bonchev–Trinajstić information content (AvgIpc) is 2.86. The molecule has 5 nitrogen and oxygen atoms in total. The molecule has 0 spiro atoms. The van der Waals surface area contributed by atoms with E-state index in [1.807, 2.05) is 28.9 Å². The second-order valence-electron chi connectivity index (χ2n) is 7.32. The molecule has 1 saturated carbocycles. The number of hydrogen-bond acceptors (Lipinski definition) is 3. The molecular weight excluding hydrogens is 368 g/mol. The van der Waals surface area contributed by atoms with E-state index in [0.29, 0.717) is 22.5 Å². The molecule has 1 aliphatic carbocycles. The van der Waals surface area contributed by atoms with E-state index < -0.39 is 5.91 Å². The Balaban J connectivity index is 2.02. The van der Waals surface area contributed by atoms with Crippen LogP contribution in [-0.4, -0.2) is 15.7 Å². The van der Waals surface area contributed by atoms with Crippen LogP contribution in [0.15, 0.2) is 28.7 Å². The molecule has 0 bridgehead atoms. The van der Waals surface area contributed by atoms with Crippen molar-refractivity contribution in [1.82, 2.24) is 9.78 Å². The molecule has 1 aliphatic rings. The number of primary amides is 1. The van der Waals surface area contributed by atoms with Crippen LogP contribution < -0.4 is 11.5 Å². The van der Waals surface area contributed by atoms with E-state index in [2.05, 4.69) is 34.9 Å². The normalized spacial score (nSPS) is 17.8. The zero-order valence-electron chi connectivity index (χ0n) is 14.1. The molecule has 0 aliphatic heterocycles. The number of rotatable bonds is 3. The molecule has 4 N–H and O–H groups in total. The first-order valence-electron chi connectivity index (χ1n) is 8.22. The number of nitrogen functional groups attached to an aromatic ring is 1. The molecule has 2 aromatic rings. The topological polar surface area (TPSA) is 86.9 Å². The number of hydrogen-bond donors (Lipinski definition) is 2. The van der Waals surface area contributed by atoms with Gasteiger partial charge in [-0.2, -0.15) is 5.10 Å². The third kappa shape index (κ3) is 3.20. The first-order valence-corrected chi connectivity index (χ1v) is 9.01. The smallest absolute Gasteiger partial charge is 0.254 e. The Labute approximate surface area is 150 Å². The molecule has 0 atom stereocenters. The Kier molecular flexibility index (Phi) is 4.42. The van der Waals surface area contributed by atoms with E-state index in [-0.39, 0.29) is 6.04 Å². The van der Waals surface area contributed by atoms with Crippen molar-refractivity contribution in [3.63, 3.8) is 0 Å². The molecule has 1 aromatic heterocycles. The quantitative estimate of drug-likeness (QED) is 0.825. The highest BCUT2D eigenvalue weighted by atomic mass is 79.9. The minimum atomic E-state index is -0.534. The van der Waals surface area contributed by atoms with Gasteiger partial charge in [-0.3, -0.25) is 4.79 Å². The summed E-state index contributed by atoms with van der Waals surface area (Å²) in [5, 5.41) is 4.68. The summed E-state index contributed by atoms with van der Waals surface area (Å²) in [6.45, 7) is 4.58. The minimum absolute atomic E-state index is 0.223. The van der Waals surface area contributed by atoms with Crippen molar-refractivity contribution >= 4 is 27.7 Å². The molecule has 1 fully saturated rings. The van der Waals surface area contributed by atoms with Crippen molar-refractivity contribution in [3.05, 3.63) is 34.3 Å². The van der Waals surface area contributed by atoms with E-state index in [4.69, 9.17) is 11.5 Å². The third-order valence-electron chi connectivity index (χ3n) is 4.97. The molecule has 24 heavy (non-hydrogen) atoms. The first-order chi connectivity index (χ1) is 11.3. The highest BCUT2D eigenvalue weighted by Crippen LogP contribution is 2.42. The fourth-order valence-corrected chi connectivity index (χ4v) is 3.67. The summed E-state index contributed by atoms with van der Waals surface area (Å²) in [7, 11) is 0. The van der Waals surface area contributed by atoms with Crippen molar-refractivity contribution in [2.24, 2.45) is 11.1 Å².